The molecule has 0 spiro atoms. The highest BCUT2D eigenvalue weighted by Crippen LogP contribution is 2.09. The third kappa shape index (κ3) is 3.14. The highest BCUT2D eigenvalue weighted by molar-refractivity contribution is 5.24. The van der Waals surface area contributed by atoms with Gasteiger partial charge < -0.3 is 5.32 Å². The van der Waals surface area contributed by atoms with Crippen LogP contribution in [0, 0.1) is 19.7 Å². The van der Waals surface area contributed by atoms with Crippen LogP contribution in [0.2, 0.25) is 0 Å². The van der Waals surface area contributed by atoms with Crippen molar-refractivity contribution in [2.24, 2.45) is 0 Å². The summed E-state index contributed by atoms with van der Waals surface area (Å²) in [5, 5.41) is 3.31. The van der Waals surface area contributed by atoms with Crippen LogP contribution in [0.15, 0.2) is 36.7 Å². The molecular formula is C15H17FN2. The van der Waals surface area contributed by atoms with Crippen molar-refractivity contribution >= 4 is 0 Å². The van der Waals surface area contributed by atoms with Gasteiger partial charge in [-0.3, -0.25) is 4.98 Å². The SMILES string of the molecule is Cc1ccc(CNCc2ccncc2C)cc1F. The Kier molecular flexibility index (Phi) is 4.05. The monoisotopic (exact) mass is 244 g/mol. The van der Waals surface area contributed by atoms with E-state index in [9.17, 15) is 4.39 Å². The zero-order valence-corrected chi connectivity index (χ0v) is 10.7. The van der Waals surface area contributed by atoms with Crippen LogP contribution in [-0.2, 0) is 13.1 Å². The quantitative estimate of drug-likeness (QED) is 0.893. The van der Waals surface area contributed by atoms with Crippen molar-refractivity contribution in [3.05, 3.63) is 64.7 Å². The average molecular weight is 244 g/mol. The summed E-state index contributed by atoms with van der Waals surface area (Å²) in [6.07, 6.45) is 3.64. The molecule has 3 heteroatoms. The van der Waals surface area contributed by atoms with Crippen LogP contribution < -0.4 is 5.32 Å². The van der Waals surface area contributed by atoms with E-state index in [-0.39, 0.29) is 5.82 Å². The van der Waals surface area contributed by atoms with Crippen molar-refractivity contribution in [1.29, 1.82) is 0 Å². The van der Waals surface area contributed by atoms with Crippen molar-refractivity contribution in [3.63, 3.8) is 0 Å². The van der Waals surface area contributed by atoms with E-state index in [1.165, 1.54) is 11.1 Å². The maximum absolute atomic E-state index is 13.4. The van der Waals surface area contributed by atoms with Gasteiger partial charge in [0.05, 0.1) is 0 Å². The van der Waals surface area contributed by atoms with E-state index in [0.717, 1.165) is 12.1 Å². The molecule has 0 aliphatic heterocycles. The molecule has 1 aromatic carbocycles. The molecule has 0 radical (unpaired) electrons. The van der Waals surface area contributed by atoms with Crippen molar-refractivity contribution in [2.75, 3.05) is 0 Å². The van der Waals surface area contributed by atoms with Crippen molar-refractivity contribution < 1.29 is 4.39 Å². The summed E-state index contributed by atoms with van der Waals surface area (Å²) >= 11 is 0. The van der Waals surface area contributed by atoms with Crippen molar-refractivity contribution in [3.8, 4) is 0 Å². The number of rotatable bonds is 4. The van der Waals surface area contributed by atoms with Crippen LogP contribution in [-0.4, -0.2) is 4.98 Å². The molecule has 0 aliphatic carbocycles. The Hall–Kier alpha value is -1.74. The number of nitrogens with zero attached hydrogens (tertiary/aromatic N) is 1. The van der Waals surface area contributed by atoms with Gasteiger partial charge in [0, 0.05) is 25.5 Å². The van der Waals surface area contributed by atoms with Gasteiger partial charge in [0.2, 0.25) is 0 Å². The van der Waals surface area contributed by atoms with Gasteiger partial charge >= 0.3 is 0 Å². The van der Waals surface area contributed by atoms with Gasteiger partial charge in [0.25, 0.3) is 0 Å². The van der Waals surface area contributed by atoms with Gasteiger partial charge in [-0.25, -0.2) is 4.39 Å². The third-order valence-electron chi connectivity index (χ3n) is 3.02. The summed E-state index contributed by atoms with van der Waals surface area (Å²) in [4.78, 5) is 4.06. The number of hydrogen-bond donors (Lipinski definition) is 1. The molecule has 94 valence electrons. The number of nitrogens with one attached hydrogen (secondary N) is 1. The lowest BCUT2D eigenvalue weighted by atomic mass is 10.1. The van der Waals surface area contributed by atoms with E-state index < -0.39 is 0 Å². The molecule has 0 amide bonds. The molecule has 1 N–H and O–H groups in total. The Morgan fingerprint density at radius 1 is 1.11 bits per heavy atom. The summed E-state index contributed by atoms with van der Waals surface area (Å²) in [6, 6.07) is 7.34. The second kappa shape index (κ2) is 5.74. The fraction of sp³-hybridized carbons (Fsp3) is 0.267. The van der Waals surface area contributed by atoms with Crippen LogP contribution in [0.25, 0.3) is 0 Å². The fourth-order valence-corrected chi connectivity index (χ4v) is 1.79. The minimum Gasteiger partial charge on any atom is -0.309 e. The highest BCUT2D eigenvalue weighted by atomic mass is 19.1. The first kappa shape index (κ1) is 12.7. The summed E-state index contributed by atoms with van der Waals surface area (Å²) < 4.78 is 13.4. The third-order valence-corrected chi connectivity index (χ3v) is 3.02. The molecule has 0 bridgehead atoms. The first-order valence-corrected chi connectivity index (χ1v) is 6.02. The van der Waals surface area contributed by atoms with E-state index >= 15 is 0 Å². The molecule has 2 aromatic rings. The first-order chi connectivity index (χ1) is 8.66. The van der Waals surface area contributed by atoms with Crippen LogP contribution in [0.4, 0.5) is 4.39 Å². The predicted molar refractivity (Wildman–Crippen MR) is 70.7 cm³/mol. The maximum atomic E-state index is 13.4. The Morgan fingerprint density at radius 2 is 1.94 bits per heavy atom. The molecule has 0 fully saturated rings. The molecule has 1 aromatic heterocycles. The molecule has 0 aliphatic rings. The maximum Gasteiger partial charge on any atom is 0.126 e. The topological polar surface area (TPSA) is 24.9 Å². The van der Waals surface area contributed by atoms with Crippen molar-refractivity contribution in [1.82, 2.24) is 10.3 Å². The van der Waals surface area contributed by atoms with Gasteiger partial charge in [0.1, 0.15) is 5.82 Å². The number of benzene rings is 1. The average Bonchev–Trinajstić information content (AvgIpc) is 2.36. The minimum atomic E-state index is -0.144. The Bertz CT molecular complexity index is 538. The van der Waals surface area contributed by atoms with E-state index in [1.807, 2.05) is 31.3 Å². The summed E-state index contributed by atoms with van der Waals surface area (Å²) in [5.74, 6) is -0.144. The molecule has 2 rings (SSSR count). The lowest BCUT2D eigenvalue weighted by Gasteiger charge is -2.08. The second-order valence-electron chi connectivity index (χ2n) is 4.49. The Labute approximate surface area is 107 Å². The van der Waals surface area contributed by atoms with E-state index in [4.69, 9.17) is 0 Å². The summed E-state index contributed by atoms with van der Waals surface area (Å²) in [7, 11) is 0. The first-order valence-electron chi connectivity index (χ1n) is 6.02. The molecule has 1 heterocycles. The number of pyridine rings is 1. The number of halogens is 1. The largest absolute Gasteiger partial charge is 0.309 e. The van der Waals surface area contributed by atoms with Crippen LogP contribution in [0.1, 0.15) is 22.3 Å². The van der Waals surface area contributed by atoms with E-state index in [1.54, 1.807) is 19.2 Å². The Balaban J connectivity index is 1.92. The van der Waals surface area contributed by atoms with E-state index in [0.29, 0.717) is 12.1 Å². The number of aryl methyl sites for hydroxylation is 2. The normalized spacial score (nSPS) is 10.6. The molecule has 0 atom stereocenters. The highest BCUT2D eigenvalue weighted by Gasteiger charge is 2.00. The van der Waals surface area contributed by atoms with E-state index in [2.05, 4.69) is 10.3 Å². The molecule has 18 heavy (non-hydrogen) atoms. The van der Waals surface area contributed by atoms with Crippen molar-refractivity contribution in [2.45, 2.75) is 26.9 Å². The number of hydrogen-bond acceptors (Lipinski definition) is 2. The lowest BCUT2D eigenvalue weighted by Crippen LogP contribution is -2.13. The minimum absolute atomic E-state index is 0.144. The molecule has 0 saturated carbocycles. The lowest BCUT2D eigenvalue weighted by molar-refractivity contribution is 0.611. The van der Waals surface area contributed by atoms with Gasteiger partial charge in [-0.15, -0.1) is 0 Å². The van der Waals surface area contributed by atoms with Gasteiger partial charge in [-0.1, -0.05) is 12.1 Å². The van der Waals surface area contributed by atoms with Gasteiger partial charge in [0.15, 0.2) is 0 Å². The van der Waals surface area contributed by atoms with Gasteiger partial charge in [-0.05, 0) is 48.2 Å². The fourth-order valence-electron chi connectivity index (χ4n) is 1.79. The second-order valence-corrected chi connectivity index (χ2v) is 4.49. The summed E-state index contributed by atoms with van der Waals surface area (Å²) in [5.41, 5.74) is 4.03. The van der Waals surface area contributed by atoms with Crippen LogP contribution >= 0.6 is 0 Å². The zero-order chi connectivity index (χ0) is 13.0. The zero-order valence-electron chi connectivity index (χ0n) is 10.7. The predicted octanol–water partition coefficient (Wildman–Crippen LogP) is 3.13. The molecule has 2 nitrogen and oxygen atoms in total. The molecule has 0 saturated heterocycles. The molecular weight excluding hydrogens is 227 g/mol. The van der Waals surface area contributed by atoms with Crippen LogP contribution in [0.3, 0.4) is 0 Å². The summed E-state index contributed by atoms with van der Waals surface area (Å²) in [6.45, 7) is 5.24. The molecule has 0 unspecified atom stereocenters. The standard InChI is InChI=1S/C15H17FN2/c1-11-3-4-13(7-15(11)16)9-18-10-14-5-6-17-8-12(14)2/h3-8,18H,9-10H2,1-2H3. The number of aromatic nitrogens is 1. The van der Waals surface area contributed by atoms with Crippen LogP contribution in [0.5, 0.6) is 0 Å². The van der Waals surface area contributed by atoms with Gasteiger partial charge in [-0.2, -0.15) is 0 Å². The smallest absolute Gasteiger partial charge is 0.126 e. The Morgan fingerprint density at radius 3 is 2.67 bits per heavy atom.